The summed E-state index contributed by atoms with van der Waals surface area (Å²) in [5, 5.41) is 0. The van der Waals surface area contributed by atoms with E-state index in [-0.39, 0.29) is 23.4 Å². The van der Waals surface area contributed by atoms with E-state index in [9.17, 15) is 4.79 Å². The number of hydrogen-bond donors (Lipinski definition) is 0. The van der Waals surface area contributed by atoms with Crippen LogP contribution in [0.1, 0.15) is 35.9 Å². The van der Waals surface area contributed by atoms with Gasteiger partial charge in [0.2, 0.25) is 0 Å². The van der Waals surface area contributed by atoms with Crippen LogP contribution in [0.3, 0.4) is 0 Å². The van der Waals surface area contributed by atoms with Crippen LogP contribution in [0.15, 0.2) is 24.3 Å². The normalized spacial score (nSPS) is 32.0. The van der Waals surface area contributed by atoms with Gasteiger partial charge in [0, 0.05) is 5.56 Å². The average Bonchev–Trinajstić information content (AvgIpc) is 2.95. The summed E-state index contributed by atoms with van der Waals surface area (Å²) < 4.78 is 5.57. The van der Waals surface area contributed by atoms with E-state index in [1.165, 1.54) is 0 Å². The van der Waals surface area contributed by atoms with Gasteiger partial charge in [-0.2, -0.15) is 0 Å². The molecule has 0 aromatic heterocycles. The summed E-state index contributed by atoms with van der Waals surface area (Å²) in [7, 11) is 0. The van der Waals surface area contributed by atoms with E-state index in [1.807, 2.05) is 38.1 Å². The lowest BCUT2D eigenvalue weighted by molar-refractivity contribution is 0.0792. The Kier molecular flexibility index (Phi) is 1.32. The maximum atomic E-state index is 12.1. The van der Waals surface area contributed by atoms with Crippen LogP contribution in [-0.4, -0.2) is 11.9 Å². The molecule has 0 bridgehead atoms. The van der Waals surface area contributed by atoms with E-state index in [2.05, 4.69) is 0 Å². The van der Waals surface area contributed by atoms with Gasteiger partial charge in [0.1, 0.15) is 12.2 Å². The summed E-state index contributed by atoms with van der Waals surface area (Å²) in [5.74, 6) is 0.215. The van der Waals surface area contributed by atoms with Crippen molar-refractivity contribution in [3.8, 4) is 0 Å². The van der Waals surface area contributed by atoms with Gasteiger partial charge >= 0.3 is 0 Å². The Morgan fingerprint density at radius 3 is 2.79 bits per heavy atom. The minimum Gasteiger partial charge on any atom is -0.363 e. The minimum absolute atomic E-state index is 0.102. The van der Waals surface area contributed by atoms with Crippen molar-refractivity contribution in [1.29, 1.82) is 0 Å². The van der Waals surface area contributed by atoms with Crippen molar-refractivity contribution in [2.24, 2.45) is 5.41 Å². The van der Waals surface area contributed by atoms with Crippen molar-refractivity contribution in [2.45, 2.75) is 26.1 Å². The van der Waals surface area contributed by atoms with Gasteiger partial charge in [-0.1, -0.05) is 24.3 Å². The van der Waals surface area contributed by atoms with Crippen LogP contribution in [0.4, 0.5) is 0 Å². The largest absolute Gasteiger partial charge is 0.363 e. The van der Waals surface area contributed by atoms with E-state index < -0.39 is 0 Å². The molecule has 1 heterocycles. The molecule has 0 amide bonds. The van der Waals surface area contributed by atoms with Crippen LogP contribution < -0.4 is 0 Å². The van der Waals surface area contributed by atoms with Crippen LogP contribution in [0.25, 0.3) is 0 Å². The average molecular weight is 188 g/mol. The Hall–Kier alpha value is -1.15. The fourth-order valence-corrected chi connectivity index (χ4v) is 2.33. The Bertz CT molecular complexity index is 420. The predicted molar refractivity (Wildman–Crippen MR) is 52.2 cm³/mol. The van der Waals surface area contributed by atoms with Crippen molar-refractivity contribution in [3.05, 3.63) is 35.4 Å². The lowest BCUT2D eigenvalue weighted by atomic mass is 9.73. The van der Waals surface area contributed by atoms with Crippen molar-refractivity contribution in [2.75, 3.05) is 0 Å². The summed E-state index contributed by atoms with van der Waals surface area (Å²) in [4.78, 5) is 12.1. The van der Waals surface area contributed by atoms with Crippen LogP contribution >= 0.6 is 0 Å². The van der Waals surface area contributed by atoms with Gasteiger partial charge in [-0.15, -0.1) is 0 Å². The first kappa shape index (κ1) is 8.18. The standard InChI is InChI=1S/C12H12O2/c1-12(2)10(13)8-6-4-3-5-7(8)9-11(12)14-9/h3-6,9,11H,1-2H3/t9-,11-/m1/s1. The Labute approximate surface area is 82.9 Å². The number of epoxide rings is 1. The van der Waals surface area contributed by atoms with Gasteiger partial charge in [-0.05, 0) is 19.4 Å². The Morgan fingerprint density at radius 2 is 2.00 bits per heavy atom. The molecule has 2 nitrogen and oxygen atoms in total. The van der Waals surface area contributed by atoms with Gasteiger partial charge in [-0.3, -0.25) is 4.79 Å². The summed E-state index contributed by atoms with van der Waals surface area (Å²) in [5.41, 5.74) is 1.57. The molecule has 1 aliphatic heterocycles. The number of rotatable bonds is 0. The molecule has 2 heteroatoms. The van der Waals surface area contributed by atoms with Crippen molar-refractivity contribution in [1.82, 2.24) is 0 Å². The van der Waals surface area contributed by atoms with Gasteiger partial charge in [-0.25, -0.2) is 0 Å². The first-order valence-corrected chi connectivity index (χ1v) is 4.91. The van der Waals surface area contributed by atoms with Gasteiger partial charge in [0.25, 0.3) is 0 Å². The lowest BCUT2D eigenvalue weighted by Crippen LogP contribution is -2.34. The molecule has 0 unspecified atom stereocenters. The lowest BCUT2D eigenvalue weighted by Gasteiger charge is -2.25. The first-order chi connectivity index (χ1) is 6.62. The zero-order chi connectivity index (χ0) is 9.92. The van der Waals surface area contributed by atoms with Crippen molar-refractivity contribution >= 4 is 5.78 Å². The van der Waals surface area contributed by atoms with Crippen LogP contribution in [0, 0.1) is 5.41 Å². The topological polar surface area (TPSA) is 29.6 Å². The predicted octanol–water partition coefficient (Wildman–Crippen LogP) is 2.35. The molecule has 2 atom stereocenters. The third kappa shape index (κ3) is 0.819. The molecule has 1 aromatic rings. The van der Waals surface area contributed by atoms with Gasteiger partial charge in [0.05, 0.1) is 5.41 Å². The fraction of sp³-hybridized carbons (Fsp3) is 0.417. The minimum atomic E-state index is -0.348. The molecule has 0 saturated carbocycles. The second-order valence-electron chi connectivity index (χ2n) is 4.62. The molecule has 1 saturated heterocycles. The number of hydrogen-bond acceptors (Lipinski definition) is 2. The highest BCUT2D eigenvalue weighted by Crippen LogP contribution is 2.54. The maximum absolute atomic E-state index is 12.1. The van der Waals surface area contributed by atoms with Crippen molar-refractivity contribution < 1.29 is 9.53 Å². The number of carbonyl (C=O) groups excluding carboxylic acids is 1. The smallest absolute Gasteiger partial charge is 0.171 e. The summed E-state index contributed by atoms with van der Waals surface area (Å²) >= 11 is 0. The molecule has 0 radical (unpaired) electrons. The highest BCUT2D eigenvalue weighted by atomic mass is 16.6. The SMILES string of the molecule is CC1(C)C(=O)c2ccccc2[C@H]2O[C@H]21. The number of benzene rings is 1. The zero-order valence-electron chi connectivity index (χ0n) is 8.28. The van der Waals surface area contributed by atoms with Crippen LogP contribution in [0.5, 0.6) is 0 Å². The third-order valence-corrected chi connectivity index (χ3v) is 3.30. The number of Topliss-reactive ketones (excluding diaryl/α,β-unsaturated/α-hetero) is 1. The monoisotopic (exact) mass is 188 g/mol. The summed E-state index contributed by atoms with van der Waals surface area (Å²) in [6, 6.07) is 7.77. The maximum Gasteiger partial charge on any atom is 0.171 e. The quantitative estimate of drug-likeness (QED) is 0.585. The molecular formula is C12H12O2. The fourth-order valence-electron chi connectivity index (χ4n) is 2.33. The molecule has 1 fully saturated rings. The van der Waals surface area contributed by atoms with E-state index in [4.69, 9.17) is 4.74 Å². The molecule has 0 spiro atoms. The first-order valence-electron chi connectivity index (χ1n) is 4.91. The molecule has 2 aliphatic rings. The number of fused-ring (bicyclic) bond motifs is 3. The van der Waals surface area contributed by atoms with Gasteiger partial charge in [0.15, 0.2) is 5.78 Å². The summed E-state index contributed by atoms with van der Waals surface area (Å²) in [6.07, 6.45) is 0.267. The van der Waals surface area contributed by atoms with E-state index in [1.54, 1.807) is 0 Å². The second-order valence-corrected chi connectivity index (χ2v) is 4.62. The van der Waals surface area contributed by atoms with E-state index in [0.717, 1.165) is 11.1 Å². The van der Waals surface area contributed by atoms with E-state index in [0.29, 0.717) is 0 Å². The van der Waals surface area contributed by atoms with E-state index >= 15 is 0 Å². The second kappa shape index (κ2) is 2.26. The van der Waals surface area contributed by atoms with Gasteiger partial charge < -0.3 is 4.74 Å². The molecule has 0 N–H and O–H groups in total. The van der Waals surface area contributed by atoms with Crippen molar-refractivity contribution in [3.63, 3.8) is 0 Å². The van der Waals surface area contributed by atoms with Crippen LogP contribution in [0.2, 0.25) is 0 Å². The molecular weight excluding hydrogens is 176 g/mol. The molecule has 1 aliphatic carbocycles. The highest BCUT2D eigenvalue weighted by molar-refractivity contribution is 6.03. The zero-order valence-corrected chi connectivity index (χ0v) is 8.28. The highest BCUT2D eigenvalue weighted by Gasteiger charge is 2.58. The number of carbonyl (C=O) groups is 1. The summed E-state index contributed by atoms with van der Waals surface area (Å²) in [6.45, 7) is 3.94. The molecule has 14 heavy (non-hydrogen) atoms. The number of ether oxygens (including phenoxy) is 1. The Morgan fingerprint density at radius 1 is 1.29 bits per heavy atom. The molecule has 3 rings (SSSR count). The molecule has 72 valence electrons. The Balaban J connectivity index is 2.22. The third-order valence-electron chi connectivity index (χ3n) is 3.30. The van der Waals surface area contributed by atoms with Crippen LogP contribution in [-0.2, 0) is 4.74 Å². The number of ketones is 1. The molecule has 1 aromatic carbocycles.